The smallest absolute Gasteiger partial charge is 0.238 e. The minimum absolute atomic E-state index is 0.234. The Kier molecular flexibility index (Phi) is 3.74. The molecule has 22 heavy (non-hydrogen) atoms. The van der Waals surface area contributed by atoms with Gasteiger partial charge in [0, 0.05) is 11.9 Å². The van der Waals surface area contributed by atoms with Gasteiger partial charge < -0.3 is 5.32 Å². The molecule has 3 rings (SSSR count). The lowest BCUT2D eigenvalue weighted by Gasteiger charge is -2.12. The lowest BCUT2D eigenvalue weighted by molar-refractivity contribution is -0.118. The number of amides is 1. The summed E-state index contributed by atoms with van der Waals surface area (Å²) < 4.78 is 25.6. The van der Waals surface area contributed by atoms with E-state index in [-0.39, 0.29) is 4.90 Å². The van der Waals surface area contributed by atoms with Gasteiger partial charge in [-0.25, -0.2) is 8.42 Å². The van der Waals surface area contributed by atoms with E-state index >= 15 is 0 Å². The molecule has 0 spiro atoms. The average molecular weight is 315 g/mol. The van der Waals surface area contributed by atoms with Crippen molar-refractivity contribution in [2.75, 3.05) is 6.54 Å². The van der Waals surface area contributed by atoms with E-state index < -0.39 is 21.0 Å². The minimum atomic E-state index is -3.67. The van der Waals surface area contributed by atoms with Crippen molar-refractivity contribution in [2.45, 2.75) is 23.0 Å². The number of carbonyl (C=O) groups is 1. The number of carbonyl (C=O) groups excluding carboxylic acids is 1. The van der Waals surface area contributed by atoms with Gasteiger partial charge in [0.05, 0.1) is 4.90 Å². The Labute approximate surface area is 129 Å². The highest BCUT2D eigenvalue weighted by Crippen LogP contribution is 2.29. The highest BCUT2D eigenvalue weighted by molar-refractivity contribution is 7.93. The second-order valence-electron chi connectivity index (χ2n) is 5.42. The Hall–Kier alpha value is -2.14. The number of benzene rings is 2. The Morgan fingerprint density at radius 1 is 1.27 bits per heavy atom. The fourth-order valence-electron chi connectivity index (χ4n) is 2.87. The zero-order valence-electron chi connectivity index (χ0n) is 12.1. The number of hydrogen-bond acceptors (Lipinski definition) is 3. The highest BCUT2D eigenvalue weighted by Gasteiger charge is 2.38. The quantitative estimate of drug-likeness (QED) is 0.880. The van der Waals surface area contributed by atoms with Gasteiger partial charge in [0.15, 0.2) is 9.84 Å². The van der Waals surface area contributed by atoms with Gasteiger partial charge in [-0.3, -0.25) is 4.79 Å². The monoisotopic (exact) mass is 315 g/mol. The average Bonchev–Trinajstić information content (AvgIpc) is 2.93. The second kappa shape index (κ2) is 5.57. The molecule has 1 unspecified atom stereocenters. The normalized spacial score (nSPS) is 18.4. The Bertz CT molecular complexity index is 855. The van der Waals surface area contributed by atoms with Gasteiger partial charge in [-0.1, -0.05) is 36.4 Å². The molecule has 1 aliphatic heterocycles. The topological polar surface area (TPSA) is 63.2 Å². The van der Waals surface area contributed by atoms with E-state index in [4.69, 9.17) is 0 Å². The van der Waals surface area contributed by atoms with E-state index in [0.29, 0.717) is 18.4 Å². The van der Waals surface area contributed by atoms with Crippen LogP contribution in [0.5, 0.6) is 0 Å². The maximum atomic E-state index is 12.8. The van der Waals surface area contributed by atoms with Crippen molar-refractivity contribution in [1.82, 2.24) is 5.32 Å². The second-order valence-corrected chi connectivity index (χ2v) is 7.52. The van der Waals surface area contributed by atoms with Crippen LogP contribution in [0.15, 0.2) is 53.9 Å². The first-order valence-corrected chi connectivity index (χ1v) is 8.73. The van der Waals surface area contributed by atoms with Gasteiger partial charge >= 0.3 is 0 Å². The molecule has 1 saturated heterocycles. The Balaban J connectivity index is 2.14. The van der Waals surface area contributed by atoms with Crippen molar-refractivity contribution >= 4 is 26.5 Å². The molecule has 0 saturated carbocycles. The standard InChI is InChI=1S/C17H17NO3S/c1-2-4-12-7-8-14-13(11-12)5-3-6-15(14)22(20,21)16-9-10-18-17(16)19/h2-3,5-8,11,16H,1,4,9-10H2,(H,18,19). The van der Waals surface area contributed by atoms with Gasteiger partial charge in [-0.15, -0.1) is 6.58 Å². The molecule has 2 aromatic carbocycles. The van der Waals surface area contributed by atoms with Gasteiger partial charge in [-0.2, -0.15) is 0 Å². The fourth-order valence-corrected chi connectivity index (χ4v) is 4.73. The molecule has 2 aromatic rings. The van der Waals surface area contributed by atoms with Crippen molar-refractivity contribution in [3.63, 3.8) is 0 Å². The third kappa shape index (κ3) is 2.41. The zero-order valence-corrected chi connectivity index (χ0v) is 12.9. The summed E-state index contributed by atoms with van der Waals surface area (Å²) in [6.45, 7) is 4.13. The molecule has 1 aliphatic rings. The van der Waals surface area contributed by atoms with E-state index in [1.165, 1.54) is 0 Å². The van der Waals surface area contributed by atoms with Crippen molar-refractivity contribution in [2.24, 2.45) is 0 Å². The van der Waals surface area contributed by atoms with Crippen LogP contribution in [-0.2, 0) is 21.1 Å². The molecule has 1 heterocycles. The van der Waals surface area contributed by atoms with Crippen LogP contribution in [-0.4, -0.2) is 26.1 Å². The molecule has 1 fully saturated rings. The van der Waals surface area contributed by atoms with E-state index in [2.05, 4.69) is 11.9 Å². The fraction of sp³-hybridized carbons (Fsp3) is 0.235. The number of nitrogens with one attached hydrogen (secondary N) is 1. The molecule has 0 bridgehead atoms. The van der Waals surface area contributed by atoms with E-state index in [1.807, 2.05) is 30.3 Å². The number of allylic oxidation sites excluding steroid dienone is 1. The van der Waals surface area contributed by atoms with Crippen LogP contribution in [0.2, 0.25) is 0 Å². The zero-order chi connectivity index (χ0) is 15.7. The predicted molar refractivity (Wildman–Crippen MR) is 86.4 cm³/mol. The maximum absolute atomic E-state index is 12.8. The summed E-state index contributed by atoms with van der Waals surface area (Å²) in [5.41, 5.74) is 1.08. The molecule has 0 aliphatic carbocycles. The number of hydrogen-bond donors (Lipinski definition) is 1. The van der Waals surface area contributed by atoms with Crippen LogP contribution in [0.4, 0.5) is 0 Å². The molecule has 5 heteroatoms. The van der Waals surface area contributed by atoms with Crippen molar-refractivity contribution in [3.05, 3.63) is 54.6 Å². The Morgan fingerprint density at radius 2 is 2.09 bits per heavy atom. The predicted octanol–water partition coefficient (Wildman–Crippen LogP) is 2.23. The molecular weight excluding hydrogens is 298 g/mol. The van der Waals surface area contributed by atoms with Crippen molar-refractivity contribution in [1.29, 1.82) is 0 Å². The molecule has 1 amide bonds. The summed E-state index contributed by atoms with van der Waals surface area (Å²) in [7, 11) is -3.67. The first-order chi connectivity index (χ1) is 10.5. The van der Waals surface area contributed by atoms with Gasteiger partial charge in [-0.05, 0) is 29.9 Å². The minimum Gasteiger partial charge on any atom is -0.355 e. The lowest BCUT2D eigenvalue weighted by atomic mass is 10.1. The highest BCUT2D eigenvalue weighted by atomic mass is 32.2. The molecule has 0 aromatic heterocycles. The summed E-state index contributed by atoms with van der Waals surface area (Å²) >= 11 is 0. The van der Waals surface area contributed by atoms with Crippen LogP contribution in [0.3, 0.4) is 0 Å². The van der Waals surface area contributed by atoms with E-state index in [1.54, 1.807) is 12.1 Å². The summed E-state index contributed by atoms with van der Waals surface area (Å²) in [5, 5.41) is 3.13. The number of rotatable bonds is 4. The van der Waals surface area contributed by atoms with Crippen LogP contribution >= 0.6 is 0 Å². The largest absolute Gasteiger partial charge is 0.355 e. The van der Waals surface area contributed by atoms with E-state index in [0.717, 1.165) is 17.4 Å². The first kappa shape index (κ1) is 14.8. The maximum Gasteiger partial charge on any atom is 0.238 e. The van der Waals surface area contributed by atoms with Gasteiger partial charge in [0.2, 0.25) is 5.91 Å². The molecular formula is C17H17NO3S. The third-order valence-corrected chi connectivity index (χ3v) is 6.13. The lowest BCUT2D eigenvalue weighted by Crippen LogP contribution is -2.30. The van der Waals surface area contributed by atoms with E-state index in [9.17, 15) is 13.2 Å². The molecule has 0 radical (unpaired) electrons. The van der Waals surface area contributed by atoms with Crippen LogP contribution < -0.4 is 5.32 Å². The molecule has 1 N–H and O–H groups in total. The SMILES string of the molecule is C=CCc1ccc2c(S(=O)(=O)C3CCNC3=O)cccc2c1. The summed E-state index contributed by atoms with van der Waals surface area (Å²) in [4.78, 5) is 12.0. The first-order valence-electron chi connectivity index (χ1n) is 7.18. The molecule has 1 atom stereocenters. The molecule has 4 nitrogen and oxygen atoms in total. The van der Waals surface area contributed by atoms with Gasteiger partial charge in [0.1, 0.15) is 5.25 Å². The Morgan fingerprint density at radius 3 is 2.77 bits per heavy atom. The number of sulfone groups is 1. The summed E-state index contributed by atoms with van der Waals surface area (Å²) in [6.07, 6.45) is 2.87. The number of fused-ring (bicyclic) bond motifs is 1. The van der Waals surface area contributed by atoms with Crippen molar-refractivity contribution < 1.29 is 13.2 Å². The third-order valence-electron chi connectivity index (χ3n) is 3.96. The summed E-state index contributed by atoms with van der Waals surface area (Å²) in [6, 6.07) is 10.9. The van der Waals surface area contributed by atoms with Crippen molar-refractivity contribution in [3.8, 4) is 0 Å². The van der Waals surface area contributed by atoms with Gasteiger partial charge in [0.25, 0.3) is 0 Å². The molecule has 114 valence electrons. The van der Waals surface area contributed by atoms with Crippen LogP contribution in [0.1, 0.15) is 12.0 Å². The van der Waals surface area contributed by atoms with Crippen LogP contribution in [0, 0.1) is 0 Å². The van der Waals surface area contributed by atoms with Crippen LogP contribution in [0.25, 0.3) is 10.8 Å². The summed E-state index contributed by atoms with van der Waals surface area (Å²) in [5.74, 6) is -0.403.